The molecular weight excluding hydrogens is 336 g/mol. The summed E-state index contributed by atoms with van der Waals surface area (Å²) in [6, 6.07) is 7.28. The Morgan fingerprint density at radius 2 is 1.80 bits per heavy atom. The molecule has 0 saturated carbocycles. The average molecular weight is 367 g/mol. The van der Waals surface area contributed by atoms with E-state index in [1.165, 1.54) is 10.7 Å². The van der Waals surface area contributed by atoms with Gasteiger partial charge < -0.3 is 4.90 Å². The third-order valence-electron chi connectivity index (χ3n) is 5.02. The van der Waals surface area contributed by atoms with Crippen molar-refractivity contribution in [1.29, 1.82) is 0 Å². The second-order valence-electron chi connectivity index (χ2n) is 6.67. The summed E-state index contributed by atoms with van der Waals surface area (Å²) in [6.45, 7) is 7.57. The number of carbonyl (C=O) groups excluding carboxylic acids is 1. The molecule has 140 valence electrons. The first-order valence-corrected chi connectivity index (χ1v) is 10.7. The van der Waals surface area contributed by atoms with E-state index in [0.29, 0.717) is 36.9 Å². The van der Waals surface area contributed by atoms with Crippen LogP contribution in [0, 0.1) is 0 Å². The first-order valence-electron chi connectivity index (χ1n) is 9.28. The number of carbonyl (C=O) groups is 1. The number of hydrogen-bond donors (Lipinski definition) is 0. The lowest BCUT2D eigenvalue weighted by atomic mass is 10.0. The van der Waals surface area contributed by atoms with Crippen LogP contribution in [0.25, 0.3) is 0 Å². The maximum Gasteiger partial charge on any atom is 0.243 e. The summed E-state index contributed by atoms with van der Waals surface area (Å²) in [4.78, 5) is 14.7. The molecule has 1 fully saturated rings. The number of aryl methyl sites for hydroxylation is 1. The SMILES string of the molecule is CCN(CC)S(=O)(=O)c1ccc(CCC(=O)N2CCCCC2C)cc1. The molecule has 1 atom stereocenters. The quantitative estimate of drug-likeness (QED) is 0.745. The molecule has 1 aromatic carbocycles. The van der Waals surface area contributed by atoms with Crippen molar-refractivity contribution in [1.82, 2.24) is 9.21 Å². The average Bonchev–Trinajstić information content (AvgIpc) is 2.61. The van der Waals surface area contributed by atoms with Gasteiger partial charge in [0.05, 0.1) is 4.90 Å². The number of rotatable bonds is 7. The Morgan fingerprint density at radius 1 is 1.16 bits per heavy atom. The van der Waals surface area contributed by atoms with Crippen molar-refractivity contribution in [2.24, 2.45) is 0 Å². The highest BCUT2D eigenvalue weighted by atomic mass is 32.2. The molecule has 5 nitrogen and oxygen atoms in total. The molecular formula is C19H30N2O3S. The maximum atomic E-state index is 12.5. The zero-order chi connectivity index (χ0) is 18.4. The van der Waals surface area contributed by atoms with E-state index in [-0.39, 0.29) is 5.91 Å². The van der Waals surface area contributed by atoms with Crippen LogP contribution >= 0.6 is 0 Å². The van der Waals surface area contributed by atoms with Gasteiger partial charge >= 0.3 is 0 Å². The summed E-state index contributed by atoms with van der Waals surface area (Å²) in [5.41, 5.74) is 0.997. The van der Waals surface area contributed by atoms with Crippen molar-refractivity contribution in [3.63, 3.8) is 0 Å². The van der Waals surface area contributed by atoms with E-state index >= 15 is 0 Å². The summed E-state index contributed by atoms with van der Waals surface area (Å²) in [5.74, 6) is 0.201. The second kappa shape index (κ2) is 8.81. The maximum absolute atomic E-state index is 12.5. The topological polar surface area (TPSA) is 57.7 Å². The van der Waals surface area contributed by atoms with Crippen molar-refractivity contribution < 1.29 is 13.2 Å². The van der Waals surface area contributed by atoms with Gasteiger partial charge in [0.15, 0.2) is 0 Å². The van der Waals surface area contributed by atoms with Gasteiger partial charge in [0.25, 0.3) is 0 Å². The third kappa shape index (κ3) is 4.82. The van der Waals surface area contributed by atoms with Crippen molar-refractivity contribution in [2.45, 2.75) is 63.8 Å². The molecule has 1 unspecified atom stereocenters. The Morgan fingerprint density at radius 3 is 2.36 bits per heavy atom. The molecule has 1 amide bonds. The van der Waals surface area contributed by atoms with E-state index in [0.717, 1.165) is 24.9 Å². The van der Waals surface area contributed by atoms with Crippen LogP contribution in [0.4, 0.5) is 0 Å². The van der Waals surface area contributed by atoms with E-state index in [2.05, 4.69) is 6.92 Å². The van der Waals surface area contributed by atoms with Crippen LogP contribution in [0.3, 0.4) is 0 Å². The largest absolute Gasteiger partial charge is 0.340 e. The van der Waals surface area contributed by atoms with Gasteiger partial charge in [-0.2, -0.15) is 4.31 Å². The lowest BCUT2D eigenvalue weighted by Crippen LogP contribution is -2.42. The van der Waals surface area contributed by atoms with Gasteiger partial charge in [-0.25, -0.2) is 8.42 Å². The van der Waals surface area contributed by atoms with Crippen LogP contribution in [-0.2, 0) is 21.2 Å². The fraction of sp³-hybridized carbons (Fsp3) is 0.632. The molecule has 2 rings (SSSR count). The molecule has 0 N–H and O–H groups in total. The van der Waals surface area contributed by atoms with Crippen molar-refractivity contribution in [2.75, 3.05) is 19.6 Å². The Labute approximate surface area is 152 Å². The third-order valence-corrected chi connectivity index (χ3v) is 7.08. The van der Waals surface area contributed by atoms with Gasteiger partial charge in [0, 0.05) is 32.1 Å². The Balaban J connectivity index is 1.97. The number of benzene rings is 1. The number of hydrogen-bond acceptors (Lipinski definition) is 3. The summed E-state index contributed by atoms with van der Waals surface area (Å²) in [7, 11) is -3.42. The fourth-order valence-electron chi connectivity index (χ4n) is 3.40. The minimum Gasteiger partial charge on any atom is -0.340 e. The molecule has 0 spiro atoms. The number of nitrogens with zero attached hydrogens (tertiary/aromatic N) is 2. The predicted octanol–water partition coefficient (Wildman–Crippen LogP) is 3.05. The van der Waals surface area contributed by atoms with E-state index in [9.17, 15) is 13.2 Å². The van der Waals surface area contributed by atoms with Crippen LogP contribution in [0.1, 0.15) is 52.0 Å². The van der Waals surface area contributed by atoms with Crippen molar-refractivity contribution in [3.05, 3.63) is 29.8 Å². The number of likely N-dealkylation sites (tertiary alicyclic amines) is 1. The van der Waals surface area contributed by atoms with Gasteiger partial charge in [0.2, 0.25) is 15.9 Å². The summed E-state index contributed by atoms with van der Waals surface area (Å²) < 4.78 is 26.4. The Hall–Kier alpha value is -1.40. The highest BCUT2D eigenvalue weighted by Crippen LogP contribution is 2.19. The highest BCUT2D eigenvalue weighted by Gasteiger charge is 2.23. The minimum absolute atomic E-state index is 0.201. The molecule has 0 aromatic heterocycles. The van der Waals surface area contributed by atoms with E-state index in [1.54, 1.807) is 12.1 Å². The summed E-state index contributed by atoms with van der Waals surface area (Å²) >= 11 is 0. The highest BCUT2D eigenvalue weighted by molar-refractivity contribution is 7.89. The van der Waals surface area contributed by atoms with Crippen LogP contribution in [0.5, 0.6) is 0 Å². The Kier molecular flexibility index (Phi) is 7.02. The molecule has 25 heavy (non-hydrogen) atoms. The van der Waals surface area contributed by atoms with Crippen LogP contribution < -0.4 is 0 Å². The summed E-state index contributed by atoms with van der Waals surface area (Å²) in [5, 5.41) is 0. The van der Waals surface area contributed by atoms with E-state index in [4.69, 9.17) is 0 Å². The molecule has 1 aromatic rings. The van der Waals surface area contributed by atoms with Crippen LogP contribution in [-0.4, -0.2) is 49.2 Å². The molecule has 0 bridgehead atoms. The molecule has 0 radical (unpaired) electrons. The molecule has 1 aliphatic heterocycles. The zero-order valence-corrected chi connectivity index (χ0v) is 16.4. The van der Waals surface area contributed by atoms with Gasteiger partial charge in [-0.05, 0) is 50.3 Å². The lowest BCUT2D eigenvalue weighted by Gasteiger charge is -2.33. The standard InChI is InChI=1S/C19H30N2O3S/c1-4-20(5-2)25(23,24)18-12-9-17(10-13-18)11-14-19(22)21-15-7-6-8-16(21)3/h9-10,12-13,16H,4-8,11,14-15H2,1-3H3. The van der Waals surface area contributed by atoms with Crippen molar-refractivity contribution in [3.8, 4) is 0 Å². The molecule has 6 heteroatoms. The zero-order valence-electron chi connectivity index (χ0n) is 15.6. The van der Waals surface area contributed by atoms with Gasteiger partial charge in [-0.1, -0.05) is 26.0 Å². The molecule has 0 aliphatic carbocycles. The number of piperidine rings is 1. The minimum atomic E-state index is -3.42. The van der Waals surface area contributed by atoms with Gasteiger partial charge in [-0.3, -0.25) is 4.79 Å². The lowest BCUT2D eigenvalue weighted by molar-refractivity contribution is -0.134. The Bertz CT molecular complexity index is 666. The number of amides is 1. The smallest absolute Gasteiger partial charge is 0.243 e. The molecule has 1 saturated heterocycles. The molecule has 1 aliphatic rings. The van der Waals surface area contributed by atoms with E-state index in [1.807, 2.05) is 30.9 Å². The van der Waals surface area contributed by atoms with Crippen molar-refractivity contribution >= 4 is 15.9 Å². The number of sulfonamides is 1. The fourth-order valence-corrected chi connectivity index (χ4v) is 4.86. The van der Waals surface area contributed by atoms with E-state index < -0.39 is 10.0 Å². The second-order valence-corrected chi connectivity index (χ2v) is 8.60. The molecule has 1 heterocycles. The summed E-state index contributed by atoms with van der Waals surface area (Å²) in [6.07, 6.45) is 4.51. The van der Waals surface area contributed by atoms with Crippen LogP contribution in [0.2, 0.25) is 0 Å². The monoisotopic (exact) mass is 366 g/mol. The normalized spacial score (nSPS) is 18.6. The predicted molar refractivity (Wildman–Crippen MR) is 99.9 cm³/mol. The van der Waals surface area contributed by atoms with Gasteiger partial charge in [-0.15, -0.1) is 0 Å². The first-order chi connectivity index (χ1) is 11.9. The van der Waals surface area contributed by atoms with Crippen LogP contribution in [0.15, 0.2) is 29.2 Å². The first kappa shape index (κ1) is 19.9. The van der Waals surface area contributed by atoms with Gasteiger partial charge in [0.1, 0.15) is 0 Å².